The summed E-state index contributed by atoms with van der Waals surface area (Å²) in [6, 6.07) is 8.06. The molecule has 2 aliphatic heterocycles. The number of hydrogen-bond acceptors (Lipinski definition) is 3. The number of aliphatic imine (C=N–C) groups is 1. The summed E-state index contributed by atoms with van der Waals surface area (Å²) in [7, 11) is 1.86. The van der Waals surface area contributed by atoms with Crippen LogP contribution in [-0.2, 0) is 4.74 Å². The summed E-state index contributed by atoms with van der Waals surface area (Å²) in [5.74, 6) is 0.992. The van der Waals surface area contributed by atoms with E-state index in [0.29, 0.717) is 6.10 Å². The minimum atomic E-state index is 0. The number of hydrogen-bond donors (Lipinski definition) is 1. The fraction of sp³-hybridized carbons (Fsp3) is 0.611. The summed E-state index contributed by atoms with van der Waals surface area (Å²) in [6.45, 7) is 5.65. The maximum Gasteiger partial charge on any atom is 0.193 e. The highest BCUT2D eigenvalue weighted by Crippen LogP contribution is 2.26. The summed E-state index contributed by atoms with van der Waals surface area (Å²) in [5, 5.41) is 4.31. The molecule has 1 aromatic rings. The number of ether oxygens (including phenoxy) is 1. The minimum absolute atomic E-state index is 0. The average Bonchev–Trinajstić information content (AvgIpc) is 3.13. The zero-order valence-electron chi connectivity index (χ0n) is 14.8. The minimum Gasteiger partial charge on any atom is -0.378 e. The summed E-state index contributed by atoms with van der Waals surface area (Å²) in [5.41, 5.74) is 1.13. The topological polar surface area (TPSA) is 40.1 Å². The highest BCUT2D eigenvalue weighted by Gasteiger charge is 2.21. The van der Waals surface area contributed by atoms with E-state index in [1.165, 1.54) is 12.8 Å². The molecule has 1 N–H and O–H groups in total. The number of rotatable bonds is 4. The van der Waals surface area contributed by atoms with Crippen molar-refractivity contribution in [2.75, 3.05) is 51.3 Å². The quantitative estimate of drug-likeness (QED) is 0.410. The number of benzene rings is 1. The standard InChI is InChI=1S/C18H27ClN4O.HI/c1-20-18(21-9-8-15-5-4-14-24-15)23-12-10-22(11-13-23)17-7-3-2-6-16(17)19;/h2-3,6-7,15H,4-5,8-14H2,1H3,(H,20,21);1H. The van der Waals surface area contributed by atoms with Crippen molar-refractivity contribution in [1.82, 2.24) is 10.2 Å². The zero-order valence-corrected chi connectivity index (χ0v) is 17.9. The van der Waals surface area contributed by atoms with Crippen LogP contribution < -0.4 is 10.2 Å². The highest BCUT2D eigenvalue weighted by molar-refractivity contribution is 14.0. The molecule has 3 rings (SSSR count). The lowest BCUT2D eigenvalue weighted by atomic mass is 10.2. The molecule has 7 heteroatoms. The lowest BCUT2D eigenvalue weighted by molar-refractivity contribution is 0.105. The van der Waals surface area contributed by atoms with E-state index in [-0.39, 0.29) is 24.0 Å². The molecule has 0 bridgehead atoms. The van der Waals surface area contributed by atoms with Crippen molar-refractivity contribution in [3.05, 3.63) is 29.3 Å². The second kappa shape index (κ2) is 10.4. The zero-order chi connectivity index (χ0) is 16.8. The molecule has 0 aromatic heterocycles. The van der Waals surface area contributed by atoms with E-state index in [4.69, 9.17) is 16.3 Å². The molecule has 1 atom stereocenters. The van der Waals surface area contributed by atoms with Gasteiger partial charge in [-0.3, -0.25) is 4.99 Å². The lowest BCUT2D eigenvalue weighted by Gasteiger charge is -2.38. The van der Waals surface area contributed by atoms with Crippen LogP contribution in [-0.4, -0.2) is 63.3 Å². The second-order valence-electron chi connectivity index (χ2n) is 6.32. The summed E-state index contributed by atoms with van der Waals surface area (Å²) >= 11 is 6.31. The van der Waals surface area contributed by atoms with E-state index >= 15 is 0 Å². The van der Waals surface area contributed by atoms with Crippen LogP contribution in [0.5, 0.6) is 0 Å². The average molecular weight is 479 g/mol. The monoisotopic (exact) mass is 478 g/mol. The first-order valence-electron chi connectivity index (χ1n) is 8.84. The van der Waals surface area contributed by atoms with Crippen LogP contribution in [0.3, 0.4) is 0 Å². The van der Waals surface area contributed by atoms with E-state index in [9.17, 15) is 0 Å². The van der Waals surface area contributed by atoms with Crippen molar-refractivity contribution >= 4 is 47.2 Å². The number of nitrogens with zero attached hydrogens (tertiary/aromatic N) is 3. The third-order valence-corrected chi connectivity index (χ3v) is 5.08. The van der Waals surface area contributed by atoms with Crippen LogP contribution in [0.4, 0.5) is 5.69 Å². The van der Waals surface area contributed by atoms with Gasteiger partial charge in [0.1, 0.15) is 0 Å². The third kappa shape index (κ3) is 5.62. The smallest absolute Gasteiger partial charge is 0.193 e. The van der Waals surface area contributed by atoms with Gasteiger partial charge in [-0.15, -0.1) is 24.0 Å². The molecule has 1 aromatic carbocycles. The van der Waals surface area contributed by atoms with Crippen LogP contribution in [0.1, 0.15) is 19.3 Å². The van der Waals surface area contributed by atoms with Gasteiger partial charge < -0.3 is 19.9 Å². The molecule has 2 heterocycles. The van der Waals surface area contributed by atoms with Gasteiger partial charge in [0.25, 0.3) is 0 Å². The third-order valence-electron chi connectivity index (χ3n) is 4.76. The Morgan fingerprint density at radius 1 is 1.28 bits per heavy atom. The number of para-hydroxylation sites is 1. The molecule has 0 saturated carbocycles. The summed E-state index contributed by atoms with van der Waals surface area (Å²) in [6.07, 6.45) is 3.87. The van der Waals surface area contributed by atoms with Gasteiger partial charge in [-0.25, -0.2) is 0 Å². The molecule has 25 heavy (non-hydrogen) atoms. The van der Waals surface area contributed by atoms with Crippen LogP contribution >= 0.6 is 35.6 Å². The molecule has 0 aliphatic carbocycles. The van der Waals surface area contributed by atoms with Crippen LogP contribution in [0.15, 0.2) is 29.3 Å². The molecule has 140 valence electrons. The van der Waals surface area contributed by atoms with E-state index in [2.05, 4.69) is 26.2 Å². The van der Waals surface area contributed by atoms with Gasteiger partial charge in [0, 0.05) is 46.4 Å². The SMILES string of the molecule is CN=C(NCCC1CCCO1)N1CCN(c2ccccc2Cl)CC1.I. The normalized spacial score (nSPS) is 21.2. The highest BCUT2D eigenvalue weighted by atomic mass is 127. The van der Waals surface area contributed by atoms with Gasteiger partial charge in [0.05, 0.1) is 16.8 Å². The largest absolute Gasteiger partial charge is 0.378 e. The van der Waals surface area contributed by atoms with Gasteiger partial charge in [-0.05, 0) is 31.4 Å². The Kier molecular flexibility index (Phi) is 8.58. The fourth-order valence-electron chi connectivity index (χ4n) is 3.42. The van der Waals surface area contributed by atoms with Crippen molar-refractivity contribution in [2.45, 2.75) is 25.4 Å². The summed E-state index contributed by atoms with van der Waals surface area (Å²) < 4.78 is 5.68. The Bertz CT molecular complexity index is 558. The van der Waals surface area contributed by atoms with Gasteiger partial charge in [0.2, 0.25) is 0 Å². The Balaban J connectivity index is 0.00000225. The van der Waals surface area contributed by atoms with Crippen LogP contribution in [0, 0.1) is 0 Å². The molecule has 2 aliphatic rings. The van der Waals surface area contributed by atoms with Crippen molar-refractivity contribution in [2.24, 2.45) is 4.99 Å². The van der Waals surface area contributed by atoms with Crippen molar-refractivity contribution in [1.29, 1.82) is 0 Å². The number of halogens is 2. The number of piperazine rings is 1. The molecule has 5 nitrogen and oxygen atoms in total. The number of anilines is 1. The Hall–Kier alpha value is -0.730. The first-order valence-corrected chi connectivity index (χ1v) is 9.22. The molecule has 2 saturated heterocycles. The van der Waals surface area contributed by atoms with E-state index in [1.54, 1.807) is 0 Å². The van der Waals surface area contributed by atoms with Crippen LogP contribution in [0.2, 0.25) is 5.02 Å². The Morgan fingerprint density at radius 2 is 2.04 bits per heavy atom. The molecule has 2 fully saturated rings. The second-order valence-corrected chi connectivity index (χ2v) is 6.73. The molecule has 0 spiro atoms. The van der Waals surface area contributed by atoms with Crippen molar-refractivity contribution < 1.29 is 4.74 Å². The van der Waals surface area contributed by atoms with Crippen molar-refractivity contribution in [3.8, 4) is 0 Å². The van der Waals surface area contributed by atoms with Gasteiger partial charge >= 0.3 is 0 Å². The number of guanidine groups is 1. The molecular formula is C18H28ClIN4O. The number of nitrogens with one attached hydrogen (secondary N) is 1. The molecule has 0 amide bonds. The van der Waals surface area contributed by atoms with E-state index < -0.39 is 0 Å². The van der Waals surface area contributed by atoms with E-state index in [0.717, 1.165) is 62.4 Å². The first kappa shape index (κ1) is 20.6. The van der Waals surface area contributed by atoms with Gasteiger partial charge in [-0.2, -0.15) is 0 Å². The lowest BCUT2D eigenvalue weighted by Crippen LogP contribution is -2.52. The predicted octanol–water partition coefficient (Wildman–Crippen LogP) is 3.22. The maximum absolute atomic E-state index is 6.31. The first-order chi connectivity index (χ1) is 11.8. The predicted molar refractivity (Wildman–Crippen MR) is 116 cm³/mol. The van der Waals surface area contributed by atoms with Crippen LogP contribution in [0.25, 0.3) is 0 Å². The van der Waals surface area contributed by atoms with Gasteiger partial charge in [-0.1, -0.05) is 23.7 Å². The summed E-state index contributed by atoms with van der Waals surface area (Å²) in [4.78, 5) is 9.11. The Morgan fingerprint density at radius 3 is 2.68 bits per heavy atom. The molecule has 1 unspecified atom stereocenters. The Labute approximate surface area is 172 Å². The maximum atomic E-state index is 6.31. The van der Waals surface area contributed by atoms with E-state index in [1.807, 2.05) is 25.2 Å². The fourth-order valence-corrected chi connectivity index (χ4v) is 3.67. The van der Waals surface area contributed by atoms with Crippen molar-refractivity contribution in [3.63, 3.8) is 0 Å². The molecule has 0 radical (unpaired) electrons. The van der Waals surface area contributed by atoms with Gasteiger partial charge in [0.15, 0.2) is 5.96 Å². The molecular weight excluding hydrogens is 451 g/mol.